The second-order valence-corrected chi connectivity index (χ2v) is 9.69. The Bertz CT molecular complexity index is 1150. The van der Waals surface area contributed by atoms with Gasteiger partial charge in [-0.15, -0.1) is 0 Å². The van der Waals surface area contributed by atoms with Crippen LogP contribution in [0.2, 0.25) is 0 Å². The summed E-state index contributed by atoms with van der Waals surface area (Å²) in [6.07, 6.45) is 1.57. The highest BCUT2D eigenvalue weighted by Crippen LogP contribution is 2.25. The van der Waals surface area contributed by atoms with Gasteiger partial charge in [0.2, 0.25) is 10.0 Å². The fraction of sp³-hybridized carbons (Fsp3) is 0.304. The molecule has 0 unspecified atom stereocenters. The maximum absolute atomic E-state index is 13.2. The first-order chi connectivity index (χ1) is 14.3. The second-order valence-electron chi connectivity index (χ2n) is 7.79. The van der Waals surface area contributed by atoms with Gasteiger partial charge in [-0.3, -0.25) is 0 Å². The van der Waals surface area contributed by atoms with E-state index in [0.29, 0.717) is 31.1 Å². The minimum absolute atomic E-state index is 0.402. The summed E-state index contributed by atoms with van der Waals surface area (Å²) in [5.41, 5.74) is 4.84. The molecule has 0 N–H and O–H groups in total. The van der Waals surface area contributed by atoms with E-state index in [1.54, 1.807) is 16.7 Å². The van der Waals surface area contributed by atoms with Crippen molar-refractivity contribution in [2.75, 3.05) is 31.1 Å². The van der Waals surface area contributed by atoms with Crippen LogP contribution < -0.4 is 4.90 Å². The fourth-order valence-corrected chi connectivity index (χ4v) is 5.42. The SMILES string of the molecule is Cc1ccc(-c2cc(N3CCN(S(=O)(=O)c4cc(C)ccc4C)CC3)ncn2)cc1. The van der Waals surface area contributed by atoms with Crippen molar-refractivity contribution in [1.29, 1.82) is 0 Å². The third-order valence-corrected chi connectivity index (χ3v) is 7.56. The Morgan fingerprint density at radius 2 is 1.47 bits per heavy atom. The summed E-state index contributed by atoms with van der Waals surface area (Å²) < 4.78 is 27.9. The van der Waals surface area contributed by atoms with Crippen LogP contribution in [-0.2, 0) is 10.0 Å². The highest BCUT2D eigenvalue weighted by molar-refractivity contribution is 7.89. The maximum Gasteiger partial charge on any atom is 0.243 e. The van der Waals surface area contributed by atoms with Gasteiger partial charge in [-0.1, -0.05) is 42.0 Å². The van der Waals surface area contributed by atoms with E-state index in [1.165, 1.54) is 5.56 Å². The van der Waals surface area contributed by atoms with Gasteiger partial charge in [-0.2, -0.15) is 4.31 Å². The molecule has 30 heavy (non-hydrogen) atoms. The minimum atomic E-state index is -3.50. The summed E-state index contributed by atoms with van der Waals surface area (Å²) in [5, 5.41) is 0. The maximum atomic E-state index is 13.2. The number of sulfonamides is 1. The summed E-state index contributed by atoms with van der Waals surface area (Å²) in [4.78, 5) is 11.3. The van der Waals surface area contributed by atoms with Gasteiger partial charge in [0, 0.05) is 37.8 Å². The number of piperazine rings is 1. The van der Waals surface area contributed by atoms with E-state index in [1.807, 2.05) is 32.0 Å². The number of hydrogen-bond acceptors (Lipinski definition) is 5. The Hall–Kier alpha value is -2.77. The summed E-state index contributed by atoms with van der Waals surface area (Å²) >= 11 is 0. The van der Waals surface area contributed by atoms with E-state index < -0.39 is 10.0 Å². The lowest BCUT2D eigenvalue weighted by Crippen LogP contribution is -2.49. The van der Waals surface area contributed by atoms with Crippen LogP contribution in [0, 0.1) is 20.8 Å². The molecule has 1 aliphatic heterocycles. The van der Waals surface area contributed by atoms with Gasteiger partial charge >= 0.3 is 0 Å². The van der Waals surface area contributed by atoms with Crippen molar-refractivity contribution < 1.29 is 8.42 Å². The van der Waals surface area contributed by atoms with Crippen molar-refractivity contribution in [3.63, 3.8) is 0 Å². The molecule has 2 aromatic carbocycles. The van der Waals surface area contributed by atoms with Crippen molar-refractivity contribution in [2.24, 2.45) is 0 Å². The molecular formula is C23H26N4O2S. The largest absolute Gasteiger partial charge is 0.354 e. The van der Waals surface area contributed by atoms with Gasteiger partial charge in [0.1, 0.15) is 12.1 Å². The van der Waals surface area contributed by atoms with Crippen molar-refractivity contribution in [3.05, 3.63) is 71.5 Å². The van der Waals surface area contributed by atoms with Crippen LogP contribution in [0.1, 0.15) is 16.7 Å². The molecule has 3 aromatic rings. The van der Waals surface area contributed by atoms with Crippen molar-refractivity contribution in [1.82, 2.24) is 14.3 Å². The molecule has 6 nitrogen and oxygen atoms in total. The van der Waals surface area contributed by atoms with Crippen LogP contribution in [0.25, 0.3) is 11.3 Å². The van der Waals surface area contributed by atoms with E-state index in [-0.39, 0.29) is 0 Å². The van der Waals surface area contributed by atoms with Crippen LogP contribution >= 0.6 is 0 Å². The zero-order chi connectivity index (χ0) is 21.3. The minimum Gasteiger partial charge on any atom is -0.354 e. The lowest BCUT2D eigenvalue weighted by atomic mass is 10.1. The number of hydrogen-bond donors (Lipinski definition) is 0. The molecule has 156 valence electrons. The molecule has 1 aromatic heterocycles. The molecule has 0 spiro atoms. The van der Waals surface area contributed by atoms with E-state index in [0.717, 1.165) is 28.2 Å². The van der Waals surface area contributed by atoms with E-state index in [9.17, 15) is 8.42 Å². The van der Waals surface area contributed by atoms with Gasteiger partial charge in [0.25, 0.3) is 0 Å². The van der Waals surface area contributed by atoms with Crippen LogP contribution in [0.5, 0.6) is 0 Å². The number of rotatable bonds is 4. The average Bonchev–Trinajstić information content (AvgIpc) is 2.76. The van der Waals surface area contributed by atoms with Gasteiger partial charge in [-0.25, -0.2) is 18.4 Å². The first-order valence-electron chi connectivity index (χ1n) is 10.1. The predicted molar refractivity (Wildman–Crippen MR) is 119 cm³/mol. The monoisotopic (exact) mass is 422 g/mol. The van der Waals surface area contributed by atoms with E-state index in [2.05, 4.69) is 46.1 Å². The smallest absolute Gasteiger partial charge is 0.243 e. The van der Waals surface area contributed by atoms with Crippen LogP contribution in [0.4, 0.5) is 5.82 Å². The van der Waals surface area contributed by atoms with E-state index >= 15 is 0 Å². The van der Waals surface area contributed by atoms with Gasteiger partial charge in [-0.05, 0) is 38.0 Å². The number of nitrogens with zero attached hydrogens (tertiary/aromatic N) is 4. The zero-order valence-corrected chi connectivity index (χ0v) is 18.4. The van der Waals surface area contributed by atoms with Gasteiger partial charge < -0.3 is 4.90 Å². The van der Waals surface area contributed by atoms with Crippen LogP contribution in [0.3, 0.4) is 0 Å². The Labute approximate surface area is 178 Å². The zero-order valence-electron chi connectivity index (χ0n) is 17.5. The molecule has 0 radical (unpaired) electrons. The van der Waals surface area contributed by atoms with E-state index in [4.69, 9.17) is 0 Å². The third-order valence-electron chi connectivity index (χ3n) is 5.52. The lowest BCUT2D eigenvalue weighted by Gasteiger charge is -2.35. The molecule has 0 bridgehead atoms. The lowest BCUT2D eigenvalue weighted by molar-refractivity contribution is 0.383. The average molecular weight is 423 g/mol. The third kappa shape index (κ3) is 4.08. The van der Waals surface area contributed by atoms with Crippen molar-refractivity contribution >= 4 is 15.8 Å². The second kappa shape index (κ2) is 8.16. The molecule has 1 aliphatic rings. The standard InChI is InChI=1S/C23H26N4O2S/c1-17-5-8-20(9-6-17)21-15-23(25-16-24-21)26-10-12-27(13-11-26)30(28,29)22-14-18(2)4-7-19(22)3/h4-9,14-16H,10-13H2,1-3H3. The molecule has 2 heterocycles. The van der Waals surface area contributed by atoms with Crippen LogP contribution in [0.15, 0.2) is 59.8 Å². The first kappa shape index (κ1) is 20.5. The van der Waals surface area contributed by atoms with Gasteiger partial charge in [0.05, 0.1) is 10.6 Å². The van der Waals surface area contributed by atoms with Crippen molar-refractivity contribution in [2.45, 2.75) is 25.7 Å². The normalized spacial score (nSPS) is 15.4. The summed E-state index contributed by atoms with van der Waals surface area (Å²) in [7, 11) is -3.50. The Morgan fingerprint density at radius 1 is 0.800 bits per heavy atom. The summed E-state index contributed by atoms with van der Waals surface area (Å²) in [6.45, 7) is 7.86. The summed E-state index contributed by atoms with van der Waals surface area (Å²) in [6, 6.07) is 15.8. The molecule has 4 rings (SSSR count). The molecule has 0 aliphatic carbocycles. The number of aromatic nitrogens is 2. The molecule has 0 amide bonds. The molecule has 1 fully saturated rings. The highest BCUT2D eigenvalue weighted by Gasteiger charge is 2.30. The van der Waals surface area contributed by atoms with Crippen molar-refractivity contribution in [3.8, 4) is 11.3 Å². The molecule has 1 saturated heterocycles. The molecule has 0 saturated carbocycles. The number of benzene rings is 2. The molecule has 7 heteroatoms. The highest BCUT2D eigenvalue weighted by atomic mass is 32.2. The topological polar surface area (TPSA) is 66.4 Å². The Morgan fingerprint density at radius 3 is 2.17 bits per heavy atom. The Balaban J connectivity index is 1.50. The first-order valence-corrected chi connectivity index (χ1v) is 11.5. The molecule has 0 atom stereocenters. The van der Waals surface area contributed by atoms with Gasteiger partial charge in [0.15, 0.2) is 0 Å². The molecular weight excluding hydrogens is 396 g/mol. The summed E-state index contributed by atoms with van der Waals surface area (Å²) in [5.74, 6) is 0.823. The quantitative estimate of drug-likeness (QED) is 0.643. The van der Waals surface area contributed by atoms with Crippen LogP contribution in [-0.4, -0.2) is 48.9 Å². The number of anilines is 1. The Kier molecular flexibility index (Phi) is 5.58. The fourth-order valence-electron chi connectivity index (χ4n) is 3.68. The predicted octanol–water partition coefficient (Wildman–Crippen LogP) is 3.58. The number of aryl methyl sites for hydroxylation is 3.